The topological polar surface area (TPSA) is 83.6 Å². The summed E-state index contributed by atoms with van der Waals surface area (Å²) in [5.74, 6) is -0.267. The van der Waals surface area contributed by atoms with Gasteiger partial charge in [-0.25, -0.2) is 12.7 Å². The maximum atomic E-state index is 11.9. The van der Waals surface area contributed by atoms with Crippen LogP contribution in [-0.2, 0) is 19.6 Å². The van der Waals surface area contributed by atoms with Gasteiger partial charge in [0.25, 0.3) is 0 Å². The monoisotopic (exact) mass is 290 g/mol. The molecule has 1 rings (SSSR count). The number of hydrogen-bond acceptors (Lipinski definition) is 4. The Kier molecular flexibility index (Phi) is 5.93. The first-order valence-corrected chi connectivity index (χ1v) is 8.22. The third kappa shape index (κ3) is 5.28. The summed E-state index contributed by atoms with van der Waals surface area (Å²) in [5, 5.41) is 2.77. The van der Waals surface area contributed by atoms with Crippen LogP contribution in [0.2, 0.25) is 0 Å². The second-order valence-electron chi connectivity index (χ2n) is 4.94. The van der Waals surface area contributed by atoms with Crippen LogP contribution >= 0.6 is 0 Å². The Morgan fingerprint density at radius 2 is 1.84 bits per heavy atom. The summed E-state index contributed by atoms with van der Waals surface area (Å²) in [6.45, 7) is 4.09. The van der Waals surface area contributed by atoms with Gasteiger partial charge >= 0.3 is 0 Å². The molecule has 0 aromatic heterocycles. The molecule has 6 nitrogen and oxygen atoms in total. The fraction of sp³-hybridized carbons (Fsp3) is 0.833. The fourth-order valence-electron chi connectivity index (χ4n) is 2.17. The highest BCUT2D eigenvalue weighted by molar-refractivity contribution is 7.89. The van der Waals surface area contributed by atoms with Gasteiger partial charge in [0.15, 0.2) is 0 Å². The van der Waals surface area contributed by atoms with Crippen molar-refractivity contribution in [2.45, 2.75) is 45.6 Å². The van der Waals surface area contributed by atoms with Gasteiger partial charge in [-0.05, 0) is 26.2 Å². The number of amides is 1. The average Bonchev–Trinajstić information content (AvgIpc) is 2.28. The van der Waals surface area contributed by atoms with Gasteiger partial charge in [0.05, 0.1) is 12.2 Å². The van der Waals surface area contributed by atoms with Crippen molar-refractivity contribution >= 4 is 21.7 Å². The number of rotatable bonds is 6. The number of nitrogens with one attached hydrogen (secondary N) is 1. The highest BCUT2D eigenvalue weighted by Crippen LogP contribution is 2.15. The van der Waals surface area contributed by atoms with Gasteiger partial charge in [0.2, 0.25) is 15.9 Å². The molecule has 7 heteroatoms. The Bertz CT molecular complexity index is 425. The van der Waals surface area contributed by atoms with Crippen molar-refractivity contribution in [3.05, 3.63) is 0 Å². The summed E-state index contributed by atoms with van der Waals surface area (Å²) < 4.78 is 25.2. The van der Waals surface area contributed by atoms with Gasteiger partial charge in [-0.3, -0.25) is 9.59 Å². The van der Waals surface area contributed by atoms with E-state index in [4.69, 9.17) is 0 Å². The Morgan fingerprint density at radius 3 is 2.32 bits per heavy atom. The molecule has 0 aromatic carbocycles. The highest BCUT2D eigenvalue weighted by Gasteiger charge is 2.27. The van der Waals surface area contributed by atoms with Crippen LogP contribution in [0.5, 0.6) is 0 Å². The minimum atomic E-state index is -3.14. The first-order valence-electron chi connectivity index (χ1n) is 6.61. The third-order valence-corrected chi connectivity index (χ3v) is 5.16. The number of nitrogens with zero attached hydrogens (tertiary/aromatic N) is 1. The molecule has 1 aliphatic heterocycles. The SMILES string of the molecule is CCCS(=O)(=O)N1CCC(NC(=O)CC(C)=O)CC1. The van der Waals surface area contributed by atoms with E-state index in [1.165, 1.54) is 11.2 Å². The number of sulfonamides is 1. The lowest BCUT2D eigenvalue weighted by Crippen LogP contribution is -2.47. The molecule has 19 heavy (non-hydrogen) atoms. The molecule has 0 unspecified atom stereocenters. The average molecular weight is 290 g/mol. The molecular weight excluding hydrogens is 268 g/mol. The zero-order valence-corrected chi connectivity index (χ0v) is 12.3. The van der Waals surface area contributed by atoms with Gasteiger partial charge in [0.1, 0.15) is 5.78 Å². The zero-order valence-electron chi connectivity index (χ0n) is 11.5. The number of carbonyl (C=O) groups excluding carboxylic acids is 2. The van der Waals surface area contributed by atoms with Gasteiger partial charge in [-0.2, -0.15) is 0 Å². The molecule has 0 radical (unpaired) electrons. The molecule has 0 aromatic rings. The lowest BCUT2D eigenvalue weighted by atomic mass is 10.1. The summed E-state index contributed by atoms with van der Waals surface area (Å²) in [4.78, 5) is 22.2. The quantitative estimate of drug-likeness (QED) is 0.712. The zero-order chi connectivity index (χ0) is 14.5. The molecule has 0 saturated carbocycles. The Hall–Kier alpha value is -0.950. The Morgan fingerprint density at radius 1 is 1.26 bits per heavy atom. The molecule has 1 N–H and O–H groups in total. The van der Waals surface area contributed by atoms with E-state index in [-0.39, 0.29) is 29.9 Å². The predicted molar refractivity (Wildman–Crippen MR) is 72.1 cm³/mol. The van der Waals surface area contributed by atoms with Gasteiger partial charge in [0, 0.05) is 19.1 Å². The smallest absolute Gasteiger partial charge is 0.227 e. The second-order valence-corrected chi connectivity index (χ2v) is 7.02. The molecule has 0 atom stereocenters. The van der Waals surface area contributed by atoms with Crippen LogP contribution < -0.4 is 5.32 Å². The van der Waals surface area contributed by atoms with Crippen LogP contribution in [0.3, 0.4) is 0 Å². The van der Waals surface area contributed by atoms with Gasteiger partial charge in [-0.15, -0.1) is 0 Å². The van der Waals surface area contributed by atoms with Gasteiger partial charge in [-0.1, -0.05) is 6.92 Å². The normalized spacial score (nSPS) is 18.2. The van der Waals surface area contributed by atoms with Crippen molar-refractivity contribution in [2.75, 3.05) is 18.8 Å². The van der Waals surface area contributed by atoms with Crippen LogP contribution in [-0.4, -0.2) is 49.3 Å². The summed E-state index contributed by atoms with van der Waals surface area (Å²) in [6, 6.07) is -0.0278. The number of carbonyl (C=O) groups is 2. The molecule has 0 bridgehead atoms. The van der Waals surface area contributed by atoms with E-state index in [0.29, 0.717) is 32.4 Å². The molecule has 1 amide bonds. The first kappa shape index (κ1) is 16.1. The van der Waals surface area contributed by atoms with E-state index in [0.717, 1.165) is 0 Å². The fourth-order valence-corrected chi connectivity index (χ4v) is 3.71. The maximum absolute atomic E-state index is 11.9. The molecule has 1 fully saturated rings. The summed E-state index contributed by atoms with van der Waals surface area (Å²) in [6.07, 6.45) is 1.71. The van der Waals surface area contributed by atoms with Crippen LogP contribution in [0.4, 0.5) is 0 Å². The maximum Gasteiger partial charge on any atom is 0.227 e. The molecule has 0 spiro atoms. The number of hydrogen-bond donors (Lipinski definition) is 1. The molecule has 1 aliphatic rings. The van der Waals surface area contributed by atoms with Crippen LogP contribution in [0.1, 0.15) is 39.5 Å². The second kappa shape index (κ2) is 7.00. The third-order valence-electron chi connectivity index (χ3n) is 3.08. The summed E-state index contributed by atoms with van der Waals surface area (Å²) >= 11 is 0. The number of ketones is 1. The van der Waals surface area contributed by atoms with E-state index in [9.17, 15) is 18.0 Å². The van der Waals surface area contributed by atoms with E-state index in [1.54, 1.807) is 0 Å². The highest BCUT2D eigenvalue weighted by atomic mass is 32.2. The molecule has 110 valence electrons. The number of Topliss-reactive ketones (excluding diaryl/α,β-unsaturated/α-hetero) is 1. The molecular formula is C12H22N2O4S. The van der Waals surface area contributed by atoms with E-state index in [1.807, 2.05) is 6.92 Å². The predicted octanol–water partition coefficient (Wildman–Crippen LogP) is 0.286. The first-order chi connectivity index (χ1) is 8.85. The Balaban J connectivity index is 2.41. The van der Waals surface area contributed by atoms with Crippen molar-refractivity contribution in [3.63, 3.8) is 0 Å². The minimum Gasteiger partial charge on any atom is -0.353 e. The van der Waals surface area contributed by atoms with Crippen LogP contribution in [0.15, 0.2) is 0 Å². The van der Waals surface area contributed by atoms with E-state index >= 15 is 0 Å². The lowest BCUT2D eigenvalue weighted by Gasteiger charge is -2.31. The molecule has 0 aliphatic carbocycles. The number of piperidine rings is 1. The van der Waals surface area contributed by atoms with Crippen molar-refractivity contribution in [1.29, 1.82) is 0 Å². The molecule has 1 heterocycles. The van der Waals surface area contributed by atoms with E-state index < -0.39 is 10.0 Å². The minimum absolute atomic E-state index is 0.0278. The summed E-state index contributed by atoms with van der Waals surface area (Å²) in [7, 11) is -3.14. The van der Waals surface area contributed by atoms with Crippen molar-refractivity contribution in [3.8, 4) is 0 Å². The van der Waals surface area contributed by atoms with Crippen LogP contribution in [0.25, 0.3) is 0 Å². The molecule has 1 saturated heterocycles. The standard InChI is InChI=1S/C12H22N2O4S/c1-3-8-19(17,18)14-6-4-11(5-7-14)13-12(16)9-10(2)15/h11H,3-9H2,1-2H3,(H,13,16). The Labute approximate surface area is 114 Å². The van der Waals surface area contributed by atoms with Crippen molar-refractivity contribution in [2.24, 2.45) is 0 Å². The largest absolute Gasteiger partial charge is 0.353 e. The summed E-state index contributed by atoms with van der Waals surface area (Å²) in [5.41, 5.74) is 0. The van der Waals surface area contributed by atoms with Crippen molar-refractivity contribution < 1.29 is 18.0 Å². The van der Waals surface area contributed by atoms with Gasteiger partial charge < -0.3 is 5.32 Å². The van der Waals surface area contributed by atoms with E-state index in [2.05, 4.69) is 5.32 Å². The lowest BCUT2D eigenvalue weighted by molar-refractivity contribution is -0.127. The van der Waals surface area contributed by atoms with Crippen LogP contribution in [0, 0.1) is 0 Å². The van der Waals surface area contributed by atoms with Crippen molar-refractivity contribution in [1.82, 2.24) is 9.62 Å².